The summed E-state index contributed by atoms with van der Waals surface area (Å²) in [5.41, 5.74) is 0. The Morgan fingerprint density at radius 3 is 2.25 bits per heavy atom. The van der Waals surface area contributed by atoms with Gasteiger partial charge in [0.15, 0.2) is 0 Å². The van der Waals surface area contributed by atoms with Crippen LogP contribution in [0.3, 0.4) is 0 Å². The third-order valence-corrected chi connectivity index (χ3v) is 4.95. The highest BCUT2D eigenvalue weighted by Gasteiger charge is 2.14. The molecule has 0 spiro atoms. The molecule has 0 aliphatic carbocycles. The molecule has 0 saturated heterocycles. The Morgan fingerprint density at radius 1 is 1.10 bits per heavy atom. The molecule has 120 valence electrons. The van der Waals surface area contributed by atoms with Crippen LogP contribution in [0.1, 0.15) is 53.4 Å². The van der Waals surface area contributed by atoms with E-state index in [2.05, 4.69) is 18.7 Å². The molecule has 0 rings (SSSR count). The summed E-state index contributed by atoms with van der Waals surface area (Å²) in [6.45, 7) is 11.4. The van der Waals surface area contributed by atoms with E-state index in [9.17, 15) is 9.90 Å². The lowest BCUT2D eigenvalue weighted by molar-refractivity contribution is -0.121. The summed E-state index contributed by atoms with van der Waals surface area (Å²) < 4.78 is 0. The van der Waals surface area contributed by atoms with Crippen molar-refractivity contribution in [1.29, 1.82) is 0 Å². The van der Waals surface area contributed by atoms with Gasteiger partial charge in [-0.05, 0) is 51.4 Å². The van der Waals surface area contributed by atoms with Crippen molar-refractivity contribution in [3.05, 3.63) is 0 Å². The molecule has 0 fully saturated rings. The smallest absolute Gasteiger partial charge is 0.132 e. The van der Waals surface area contributed by atoms with Crippen LogP contribution in [-0.2, 0) is 4.79 Å². The Labute approximate surface area is 129 Å². The van der Waals surface area contributed by atoms with Crippen molar-refractivity contribution in [2.45, 2.75) is 59.5 Å². The van der Waals surface area contributed by atoms with E-state index in [0.29, 0.717) is 0 Å². The van der Waals surface area contributed by atoms with Crippen molar-refractivity contribution >= 4 is 17.5 Å². The molecule has 0 aliphatic heterocycles. The van der Waals surface area contributed by atoms with E-state index < -0.39 is 0 Å². The Hall–Kier alpha value is -0.0600. The molecule has 3 nitrogen and oxygen atoms in total. The van der Waals surface area contributed by atoms with Gasteiger partial charge in [0.05, 0.1) is 6.10 Å². The fraction of sp³-hybridized carbons (Fsp3) is 0.938. The second-order valence-corrected chi connectivity index (χ2v) is 6.60. The number of aliphatic hydroxyl groups is 1. The van der Waals surface area contributed by atoms with Crippen LogP contribution in [0.2, 0.25) is 0 Å². The third kappa shape index (κ3) is 9.78. The number of Topliss-reactive ketones (excluding diaryl/α,β-unsaturated/α-hetero) is 1. The Kier molecular flexibility index (Phi) is 12.6. The molecule has 2 atom stereocenters. The number of nitrogens with zero attached hydrogens (tertiary/aromatic N) is 1. The van der Waals surface area contributed by atoms with Crippen LogP contribution < -0.4 is 0 Å². The molecule has 0 heterocycles. The number of carbonyl (C=O) groups is 1. The zero-order chi connectivity index (χ0) is 15.4. The predicted molar refractivity (Wildman–Crippen MR) is 89.4 cm³/mol. The van der Waals surface area contributed by atoms with Gasteiger partial charge in [-0.3, -0.25) is 4.79 Å². The van der Waals surface area contributed by atoms with Crippen LogP contribution in [0.25, 0.3) is 0 Å². The predicted octanol–water partition coefficient (Wildman–Crippen LogP) is 3.21. The standard InChI is InChI=1S/C16H33NO2S/c1-5-15(14(4)18)8-9-16(19)10-12-20-13-11-17(6-2)7-3/h15-16,19H,5-13H2,1-4H3. The topological polar surface area (TPSA) is 40.5 Å². The van der Waals surface area contributed by atoms with Gasteiger partial charge in [0.1, 0.15) is 5.78 Å². The summed E-state index contributed by atoms with van der Waals surface area (Å²) >= 11 is 1.92. The van der Waals surface area contributed by atoms with Gasteiger partial charge in [-0.15, -0.1) is 0 Å². The van der Waals surface area contributed by atoms with Crippen LogP contribution in [0, 0.1) is 5.92 Å². The lowest BCUT2D eigenvalue weighted by Gasteiger charge is -2.18. The van der Waals surface area contributed by atoms with Crippen molar-refractivity contribution in [3.63, 3.8) is 0 Å². The fourth-order valence-corrected chi connectivity index (χ4v) is 3.32. The largest absolute Gasteiger partial charge is 0.393 e. The van der Waals surface area contributed by atoms with Crippen molar-refractivity contribution in [2.75, 3.05) is 31.1 Å². The van der Waals surface area contributed by atoms with E-state index in [4.69, 9.17) is 0 Å². The number of ketones is 1. The monoisotopic (exact) mass is 303 g/mol. The van der Waals surface area contributed by atoms with Crippen LogP contribution in [0.4, 0.5) is 0 Å². The van der Waals surface area contributed by atoms with Gasteiger partial charge in [0, 0.05) is 18.2 Å². The number of carbonyl (C=O) groups excluding carboxylic acids is 1. The number of hydrogen-bond acceptors (Lipinski definition) is 4. The Morgan fingerprint density at radius 2 is 1.75 bits per heavy atom. The van der Waals surface area contributed by atoms with Gasteiger partial charge in [-0.25, -0.2) is 0 Å². The van der Waals surface area contributed by atoms with Crippen LogP contribution in [-0.4, -0.2) is 53.0 Å². The van der Waals surface area contributed by atoms with Crippen molar-refractivity contribution in [2.24, 2.45) is 5.92 Å². The molecule has 0 bridgehead atoms. The summed E-state index contributed by atoms with van der Waals surface area (Å²) in [6, 6.07) is 0. The molecule has 2 unspecified atom stereocenters. The van der Waals surface area contributed by atoms with E-state index in [-0.39, 0.29) is 17.8 Å². The number of rotatable bonds is 13. The first kappa shape index (κ1) is 19.9. The molecular weight excluding hydrogens is 270 g/mol. The van der Waals surface area contributed by atoms with Crippen molar-refractivity contribution in [1.82, 2.24) is 4.90 Å². The minimum absolute atomic E-state index is 0.139. The van der Waals surface area contributed by atoms with Gasteiger partial charge >= 0.3 is 0 Å². The maximum atomic E-state index is 11.3. The van der Waals surface area contributed by atoms with E-state index >= 15 is 0 Å². The molecule has 1 N–H and O–H groups in total. The second-order valence-electron chi connectivity index (χ2n) is 5.37. The van der Waals surface area contributed by atoms with Gasteiger partial charge in [-0.2, -0.15) is 11.8 Å². The lowest BCUT2D eigenvalue weighted by atomic mass is 9.94. The molecule has 0 aromatic rings. The quantitative estimate of drug-likeness (QED) is 0.530. The SMILES string of the molecule is CCC(CCC(O)CCSCCN(CC)CC)C(C)=O. The van der Waals surface area contributed by atoms with E-state index in [0.717, 1.165) is 56.8 Å². The molecule has 0 aromatic carbocycles. The summed E-state index contributed by atoms with van der Waals surface area (Å²) in [7, 11) is 0. The molecule has 20 heavy (non-hydrogen) atoms. The lowest BCUT2D eigenvalue weighted by Crippen LogP contribution is -2.25. The van der Waals surface area contributed by atoms with E-state index in [1.54, 1.807) is 6.92 Å². The molecular formula is C16H33NO2S. The van der Waals surface area contributed by atoms with Gasteiger partial charge in [0.2, 0.25) is 0 Å². The first-order valence-electron chi connectivity index (χ1n) is 8.03. The van der Waals surface area contributed by atoms with Gasteiger partial charge in [-0.1, -0.05) is 20.8 Å². The van der Waals surface area contributed by atoms with Crippen LogP contribution >= 0.6 is 11.8 Å². The minimum atomic E-state index is -0.246. The second kappa shape index (κ2) is 12.7. The molecule has 0 saturated carbocycles. The Balaban J connectivity index is 3.58. The normalized spacial score (nSPS) is 14.5. The number of aliphatic hydroxyl groups excluding tert-OH is 1. The minimum Gasteiger partial charge on any atom is -0.393 e. The van der Waals surface area contributed by atoms with Gasteiger partial charge in [0.25, 0.3) is 0 Å². The zero-order valence-corrected chi connectivity index (χ0v) is 14.5. The average molecular weight is 304 g/mol. The molecule has 0 amide bonds. The fourth-order valence-electron chi connectivity index (χ4n) is 2.29. The number of thioether (sulfide) groups is 1. The summed E-state index contributed by atoms with van der Waals surface area (Å²) in [5, 5.41) is 9.94. The van der Waals surface area contributed by atoms with Gasteiger partial charge < -0.3 is 10.0 Å². The third-order valence-electron chi connectivity index (χ3n) is 3.96. The molecule has 0 aliphatic rings. The summed E-state index contributed by atoms with van der Waals surface area (Å²) in [5.74, 6) is 2.55. The molecule has 0 aromatic heterocycles. The van der Waals surface area contributed by atoms with Crippen molar-refractivity contribution in [3.8, 4) is 0 Å². The maximum Gasteiger partial charge on any atom is 0.132 e. The van der Waals surface area contributed by atoms with E-state index in [1.165, 1.54) is 0 Å². The molecule has 0 radical (unpaired) electrons. The van der Waals surface area contributed by atoms with Crippen LogP contribution in [0.5, 0.6) is 0 Å². The highest BCUT2D eigenvalue weighted by atomic mass is 32.2. The average Bonchev–Trinajstić information content (AvgIpc) is 2.43. The summed E-state index contributed by atoms with van der Waals surface area (Å²) in [6.07, 6.45) is 3.08. The highest BCUT2D eigenvalue weighted by Crippen LogP contribution is 2.16. The maximum absolute atomic E-state index is 11.3. The first-order chi connectivity index (χ1) is 9.54. The number of hydrogen-bond donors (Lipinski definition) is 1. The molecule has 4 heteroatoms. The first-order valence-corrected chi connectivity index (χ1v) is 9.19. The Bertz CT molecular complexity index is 245. The highest BCUT2D eigenvalue weighted by molar-refractivity contribution is 7.99. The van der Waals surface area contributed by atoms with Crippen LogP contribution in [0.15, 0.2) is 0 Å². The van der Waals surface area contributed by atoms with Crippen molar-refractivity contribution < 1.29 is 9.90 Å². The zero-order valence-electron chi connectivity index (χ0n) is 13.7. The van der Waals surface area contributed by atoms with E-state index in [1.807, 2.05) is 18.7 Å². The summed E-state index contributed by atoms with van der Waals surface area (Å²) in [4.78, 5) is 13.7.